The Kier molecular flexibility index (Phi) is 3.84. The van der Waals surface area contributed by atoms with E-state index in [0.717, 1.165) is 11.3 Å². The van der Waals surface area contributed by atoms with Crippen molar-refractivity contribution in [2.45, 2.75) is 6.92 Å². The summed E-state index contributed by atoms with van der Waals surface area (Å²) in [7, 11) is 3.93. The van der Waals surface area contributed by atoms with Gasteiger partial charge in [0.1, 0.15) is 5.69 Å². The molecule has 2 rings (SSSR count). The van der Waals surface area contributed by atoms with Gasteiger partial charge in [0.05, 0.1) is 0 Å². The van der Waals surface area contributed by atoms with E-state index in [1.54, 1.807) is 13.1 Å². The molecule has 6 nitrogen and oxygen atoms in total. The van der Waals surface area contributed by atoms with Gasteiger partial charge in [-0.1, -0.05) is 12.1 Å². The van der Waals surface area contributed by atoms with Gasteiger partial charge in [0.15, 0.2) is 0 Å². The van der Waals surface area contributed by atoms with E-state index < -0.39 is 11.2 Å². The zero-order valence-electron chi connectivity index (χ0n) is 11.6. The summed E-state index contributed by atoms with van der Waals surface area (Å²) in [5.41, 5.74) is 1.59. The molecule has 0 fully saturated rings. The van der Waals surface area contributed by atoms with Gasteiger partial charge in [-0.15, -0.1) is 0 Å². The Morgan fingerprint density at radius 1 is 1.10 bits per heavy atom. The van der Waals surface area contributed by atoms with E-state index in [4.69, 9.17) is 0 Å². The molecule has 0 saturated carbocycles. The second-order valence-electron chi connectivity index (χ2n) is 4.63. The number of aryl methyl sites for hydroxylation is 1. The van der Waals surface area contributed by atoms with Crippen molar-refractivity contribution in [3.8, 4) is 0 Å². The standard InChI is InChI=1S/C14H16N4O2/c1-9-12(13(19)17-14(20)16-9)15-8-10-4-6-11(7-5-10)18(2)3/h4-8H,1-3H3,(H2,16,17,19,20). The summed E-state index contributed by atoms with van der Waals surface area (Å²) in [6.07, 6.45) is 1.59. The van der Waals surface area contributed by atoms with Gasteiger partial charge in [0, 0.05) is 31.7 Å². The number of hydrogen-bond acceptors (Lipinski definition) is 4. The first-order chi connectivity index (χ1) is 9.47. The highest BCUT2D eigenvalue weighted by Crippen LogP contribution is 2.12. The molecule has 0 amide bonds. The maximum absolute atomic E-state index is 11.6. The summed E-state index contributed by atoms with van der Waals surface area (Å²) in [6.45, 7) is 1.64. The van der Waals surface area contributed by atoms with Crippen LogP contribution in [0.3, 0.4) is 0 Å². The quantitative estimate of drug-likeness (QED) is 0.823. The van der Waals surface area contributed by atoms with E-state index >= 15 is 0 Å². The van der Waals surface area contributed by atoms with Crippen LogP contribution >= 0.6 is 0 Å². The molecule has 6 heteroatoms. The van der Waals surface area contributed by atoms with E-state index in [9.17, 15) is 9.59 Å². The van der Waals surface area contributed by atoms with Crippen molar-refractivity contribution in [2.75, 3.05) is 19.0 Å². The van der Waals surface area contributed by atoms with E-state index in [-0.39, 0.29) is 5.69 Å². The predicted octanol–water partition coefficient (Wildman–Crippen LogP) is 1.19. The van der Waals surface area contributed by atoms with Crippen molar-refractivity contribution in [1.29, 1.82) is 0 Å². The molecule has 0 radical (unpaired) electrons. The van der Waals surface area contributed by atoms with Gasteiger partial charge < -0.3 is 9.88 Å². The van der Waals surface area contributed by atoms with Crippen LogP contribution in [-0.2, 0) is 0 Å². The summed E-state index contributed by atoms with van der Waals surface area (Å²) < 4.78 is 0. The van der Waals surface area contributed by atoms with Crippen LogP contribution in [0.25, 0.3) is 0 Å². The number of aliphatic imine (C=N–C) groups is 1. The maximum Gasteiger partial charge on any atom is 0.326 e. The number of aromatic amines is 2. The van der Waals surface area contributed by atoms with Crippen molar-refractivity contribution in [3.63, 3.8) is 0 Å². The summed E-state index contributed by atoms with van der Waals surface area (Å²) in [5, 5.41) is 0. The zero-order valence-corrected chi connectivity index (χ0v) is 11.6. The van der Waals surface area contributed by atoms with Gasteiger partial charge in [-0.3, -0.25) is 9.78 Å². The number of nitrogens with zero attached hydrogens (tertiary/aromatic N) is 2. The minimum absolute atomic E-state index is 0.210. The highest BCUT2D eigenvalue weighted by atomic mass is 16.2. The minimum Gasteiger partial charge on any atom is -0.378 e. The topological polar surface area (TPSA) is 81.3 Å². The van der Waals surface area contributed by atoms with E-state index in [2.05, 4.69) is 15.0 Å². The van der Waals surface area contributed by atoms with Crippen molar-refractivity contribution < 1.29 is 0 Å². The SMILES string of the molecule is Cc1[nH]c(=O)[nH]c(=O)c1N=Cc1ccc(N(C)C)cc1. The third-order valence-corrected chi connectivity index (χ3v) is 2.85. The summed E-state index contributed by atoms with van der Waals surface area (Å²) >= 11 is 0. The minimum atomic E-state index is -0.526. The third-order valence-electron chi connectivity index (χ3n) is 2.85. The van der Waals surface area contributed by atoms with Crippen LogP contribution in [0.1, 0.15) is 11.3 Å². The van der Waals surface area contributed by atoms with E-state index in [1.807, 2.05) is 43.3 Å². The fraction of sp³-hybridized carbons (Fsp3) is 0.214. The summed E-state index contributed by atoms with van der Waals surface area (Å²) in [4.78, 5) is 33.5. The average molecular weight is 272 g/mol. The lowest BCUT2D eigenvalue weighted by Crippen LogP contribution is -2.22. The van der Waals surface area contributed by atoms with Crippen LogP contribution < -0.4 is 16.1 Å². The first-order valence-electron chi connectivity index (χ1n) is 6.12. The first-order valence-corrected chi connectivity index (χ1v) is 6.12. The number of H-pyrrole nitrogens is 2. The lowest BCUT2D eigenvalue weighted by Gasteiger charge is -2.11. The fourth-order valence-electron chi connectivity index (χ4n) is 1.75. The molecule has 0 aliphatic rings. The van der Waals surface area contributed by atoms with Crippen molar-refractivity contribution in [2.24, 2.45) is 4.99 Å². The van der Waals surface area contributed by atoms with Crippen LogP contribution in [0, 0.1) is 6.92 Å². The molecule has 1 aromatic heterocycles. The number of rotatable bonds is 3. The second-order valence-corrected chi connectivity index (χ2v) is 4.63. The van der Waals surface area contributed by atoms with Crippen LogP contribution in [0.2, 0.25) is 0 Å². The monoisotopic (exact) mass is 272 g/mol. The largest absolute Gasteiger partial charge is 0.378 e. The Labute approximate surface area is 115 Å². The molecule has 20 heavy (non-hydrogen) atoms. The number of hydrogen-bond donors (Lipinski definition) is 2. The van der Waals surface area contributed by atoms with Crippen LogP contribution in [-0.4, -0.2) is 30.3 Å². The van der Waals surface area contributed by atoms with Crippen molar-refractivity contribution >= 4 is 17.6 Å². The molecule has 0 bridgehead atoms. The van der Waals surface area contributed by atoms with Crippen molar-refractivity contribution in [3.05, 3.63) is 56.4 Å². The van der Waals surface area contributed by atoms with Gasteiger partial charge in [0.25, 0.3) is 5.56 Å². The number of benzene rings is 1. The Bertz CT molecular complexity index is 739. The molecule has 2 N–H and O–H groups in total. The molecule has 2 aromatic rings. The molecule has 0 atom stereocenters. The Hall–Kier alpha value is -2.63. The van der Waals surface area contributed by atoms with Crippen LogP contribution in [0.15, 0.2) is 38.8 Å². The van der Waals surface area contributed by atoms with Gasteiger partial charge >= 0.3 is 5.69 Å². The molecular formula is C14H16N4O2. The summed E-state index contributed by atoms with van der Waals surface area (Å²) in [5.74, 6) is 0. The normalized spacial score (nSPS) is 10.9. The molecule has 0 aliphatic carbocycles. The average Bonchev–Trinajstić information content (AvgIpc) is 2.38. The van der Waals surface area contributed by atoms with Gasteiger partial charge in [-0.25, -0.2) is 9.79 Å². The van der Waals surface area contributed by atoms with Crippen LogP contribution in [0.4, 0.5) is 11.4 Å². The smallest absolute Gasteiger partial charge is 0.326 e. The van der Waals surface area contributed by atoms with Gasteiger partial charge in [-0.05, 0) is 24.6 Å². The van der Waals surface area contributed by atoms with Gasteiger partial charge in [-0.2, -0.15) is 0 Å². The Morgan fingerprint density at radius 2 is 1.75 bits per heavy atom. The number of anilines is 1. The second kappa shape index (κ2) is 5.56. The lowest BCUT2D eigenvalue weighted by atomic mass is 10.2. The lowest BCUT2D eigenvalue weighted by molar-refractivity contribution is 0.992. The molecule has 0 saturated heterocycles. The van der Waals surface area contributed by atoms with Gasteiger partial charge in [0.2, 0.25) is 0 Å². The molecule has 0 aliphatic heterocycles. The Morgan fingerprint density at radius 3 is 2.30 bits per heavy atom. The predicted molar refractivity (Wildman–Crippen MR) is 80.4 cm³/mol. The molecule has 0 spiro atoms. The Balaban J connectivity index is 2.30. The number of nitrogens with one attached hydrogen (secondary N) is 2. The van der Waals surface area contributed by atoms with E-state index in [0.29, 0.717) is 5.69 Å². The first kappa shape index (κ1) is 13.8. The highest BCUT2D eigenvalue weighted by Gasteiger charge is 2.03. The molecule has 1 heterocycles. The third kappa shape index (κ3) is 3.03. The zero-order chi connectivity index (χ0) is 14.7. The van der Waals surface area contributed by atoms with Crippen molar-refractivity contribution in [1.82, 2.24) is 9.97 Å². The number of aromatic nitrogens is 2. The fourth-order valence-corrected chi connectivity index (χ4v) is 1.75. The van der Waals surface area contributed by atoms with Crippen LogP contribution in [0.5, 0.6) is 0 Å². The molecule has 0 unspecified atom stereocenters. The molecule has 1 aromatic carbocycles. The summed E-state index contributed by atoms with van der Waals surface area (Å²) in [6, 6.07) is 7.75. The highest BCUT2D eigenvalue weighted by molar-refractivity contribution is 5.82. The molecule has 104 valence electrons. The van der Waals surface area contributed by atoms with E-state index in [1.165, 1.54) is 0 Å². The molecular weight excluding hydrogens is 256 g/mol. The maximum atomic E-state index is 11.6.